The number of hydrogen-bond acceptors (Lipinski definition) is 4. The SMILES string of the molecule is CC1(C)C(=O)NC=C(B2OC(C)(C)C(C)(C)O2)C1=O. The summed E-state index contributed by atoms with van der Waals surface area (Å²) in [7, 11) is -0.739. The summed E-state index contributed by atoms with van der Waals surface area (Å²) >= 11 is 0. The molecular formula is C13H20BNO4. The van der Waals surface area contributed by atoms with Crippen LogP contribution in [0.3, 0.4) is 0 Å². The first kappa shape index (κ1) is 14.3. The van der Waals surface area contributed by atoms with Crippen molar-refractivity contribution in [2.75, 3.05) is 0 Å². The minimum Gasteiger partial charge on any atom is -0.399 e. The lowest BCUT2D eigenvalue weighted by atomic mass is 9.67. The number of carbonyl (C=O) groups excluding carboxylic acids is 2. The van der Waals surface area contributed by atoms with Gasteiger partial charge in [0.2, 0.25) is 5.91 Å². The molecule has 2 rings (SSSR count). The summed E-state index contributed by atoms with van der Waals surface area (Å²) in [6.45, 7) is 10.9. The Morgan fingerprint density at radius 3 is 1.95 bits per heavy atom. The fourth-order valence-corrected chi connectivity index (χ4v) is 2.00. The molecule has 0 spiro atoms. The van der Waals surface area contributed by atoms with E-state index in [1.54, 1.807) is 13.8 Å². The maximum Gasteiger partial charge on any atom is 0.500 e. The number of nitrogens with one attached hydrogen (secondary N) is 1. The second kappa shape index (κ2) is 3.93. The summed E-state index contributed by atoms with van der Waals surface area (Å²) in [6, 6.07) is 0. The van der Waals surface area contributed by atoms with Gasteiger partial charge in [-0.25, -0.2) is 0 Å². The van der Waals surface area contributed by atoms with Gasteiger partial charge in [-0.2, -0.15) is 0 Å². The molecule has 0 aromatic heterocycles. The minimum absolute atomic E-state index is 0.255. The van der Waals surface area contributed by atoms with Gasteiger partial charge in [0, 0.05) is 11.7 Å². The van der Waals surface area contributed by atoms with Crippen molar-refractivity contribution in [2.45, 2.75) is 52.7 Å². The van der Waals surface area contributed by atoms with Crippen molar-refractivity contribution >= 4 is 18.8 Å². The van der Waals surface area contributed by atoms with Crippen LogP contribution in [0.25, 0.3) is 0 Å². The Hall–Kier alpha value is -1.14. The highest BCUT2D eigenvalue weighted by molar-refractivity contribution is 6.63. The monoisotopic (exact) mass is 265 g/mol. The van der Waals surface area contributed by atoms with Crippen LogP contribution in [0.15, 0.2) is 11.7 Å². The third-order valence-electron chi connectivity index (χ3n) is 4.26. The average Bonchev–Trinajstić information content (AvgIpc) is 2.45. The van der Waals surface area contributed by atoms with Gasteiger partial charge >= 0.3 is 7.12 Å². The van der Waals surface area contributed by atoms with E-state index in [4.69, 9.17) is 9.31 Å². The summed E-state index contributed by atoms with van der Waals surface area (Å²) in [5, 5.41) is 2.60. The molecule has 19 heavy (non-hydrogen) atoms. The van der Waals surface area contributed by atoms with Gasteiger partial charge in [-0.05, 0) is 41.5 Å². The van der Waals surface area contributed by atoms with Crippen LogP contribution in [0.1, 0.15) is 41.5 Å². The molecule has 1 fully saturated rings. The van der Waals surface area contributed by atoms with Crippen molar-refractivity contribution in [1.82, 2.24) is 5.32 Å². The van der Waals surface area contributed by atoms with Gasteiger partial charge in [0.05, 0.1) is 11.2 Å². The molecule has 2 heterocycles. The van der Waals surface area contributed by atoms with Crippen LogP contribution in [0.2, 0.25) is 0 Å². The van der Waals surface area contributed by atoms with E-state index in [1.807, 2.05) is 27.7 Å². The molecule has 2 aliphatic heterocycles. The lowest BCUT2D eigenvalue weighted by molar-refractivity contribution is -0.138. The largest absolute Gasteiger partial charge is 0.500 e. The molecule has 0 radical (unpaired) electrons. The van der Waals surface area contributed by atoms with E-state index in [0.29, 0.717) is 5.47 Å². The summed E-state index contributed by atoms with van der Waals surface area (Å²) in [4.78, 5) is 24.1. The number of rotatable bonds is 1. The van der Waals surface area contributed by atoms with Crippen molar-refractivity contribution in [1.29, 1.82) is 0 Å². The Morgan fingerprint density at radius 1 is 1.00 bits per heavy atom. The molecule has 0 aliphatic carbocycles. The van der Waals surface area contributed by atoms with Crippen LogP contribution >= 0.6 is 0 Å². The molecular weight excluding hydrogens is 245 g/mol. The van der Waals surface area contributed by atoms with Gasteiger partial charge in [-0.3, -0.25) is 9.59 Å². The predicted octanol–water partition coefficient (Wildman–Crippen LogP) is 1.23. The van der Waals surface area contributed by atoms with Gasteiger partial charge in [0.15, 0.2) is 5.78 Å². The maximum atomic E-state index is 12.4. The van der Waals surface area contributed by atoms with Gasteiger partial charge in [0.25, 0.3) is 0 Å². The first-order valence-corrected chi connectivity index (χ1v) is 6.40. The van der Waals surface area contributed by atoms with Crippen LogP contribution in [-0.4, -0.2) is 30.0 Å². The number of carbonyl (C=O) groups is 2. The Morgan fingerprint density at radius 2 is 1.47 bits per heavy atom. The van der Waals surface area contributed by atoms with Crippen molar-refractivity contribution in [3.8, 4) is 0 Å². The average molecular weight is 265 g/mol. The molecule has 0 aromatic rings. The fourth-order valence-electron chi connectivity index (χ4n) is 2.00. The van der Waals surface area contributed by atoms with Gasteiger partial charge in [-0.15, -0.1) is 0 Å². The van der Waals surface area contributed by atoms with Crippen LogP contribution < -0.4 is 5.32 Å². The smallest absolute Gasteiger partial charge is 0.399 e. The Bertz CT molecular complexity index is 463. The van der Waals surface area contributed by atoms with E-state index in [0.717, 1.165) is 0 Å². The molecule has 5 nitrogen and oxygen atoms in total. The lowest BCUT2D eigenvalue weighted by Crippen LogP contribution is -2.48. The highest BCUT2D eigenvalue weighted by atomic mass is 16.7. The van der Waals surface area contributed by atoms with E-state index >= 15 is 0 Å². The molecule has 0 bridgehead atoms. The second-order valence-electron chi connectivity index (χ2n) is 6.62. The number of allylic oxidation sites excluding steroid dienone is 1. The predicted molar refractivity (Wildman–Crippen MR) is 71.1 cm³/mol. The molecule has 1 amide bonds. The Balaban J connectivity index is 2.31. The lowest BCUT2D eigenvalue weighted by Gasteiger charge is -2.32. The van der Waals surface area contributed by atoms with Crippen LogP contribution in [-0.2, 0) is 18.9 Å². The fraction of sp³-hybridized carbons (Fsp3) is 0.692. The normalized spacial score (nSPS) is 28.1. The molecule has 0 atom stereocenters. The highest BCUT2D eigenvalue weighted by Gasteiger charge is 2.56. The zero-order valence-corrected chi connectivity index (χ0v) is 12.3. The zero-order chi connectivity index (χ0) is 14.6. The second-order valence-corrected chi connectivity index (χ2v) is 6.62. The Labute approximate surface area is 113 Å². The zero-order valence-electron chi connectivity index (χ0n) is 12.3. The van der Waals surface area contributed by atoms with Crippen LogP contribution in [0.5, 0.6) is 0 Å². The highest BCUT2D eigenvalue weighted by Crippen LogP contribution is 2.40. The molecule has 1 saturated heterocycles. The van der Waals surface area contributed by atoms with Crippen molar-refractivity contribution in [3.05, 3.63) is 11.7 Å². The first-order chi connectivity index (χ1) is 8.49. The summed E-state index contributed by atoms with van der Waals surface area (Å²) in [6.07, 6.45) is 1.40. The molecule has 6 heteroatoms. The van der Waals surface area contributed by atoms with Gasteiger partial charge in [-0.1, -0.05) is 0 Å². The quantitative estimate of drug-likeness (QED) is 0.572. The number of hydrogen-bond donors (Lipinski definition) is 1. The molecule has 2 aliphatic rings. The molecule has 0 aromatic carbocycles. The summed E-state index contributed by atoms with van der Waals surface area (Å²) < 4.78 is 11.7. The van der Waals surface area contributed by atoms with Crippen LogP contribution in [0.4, 0.5) is 0 Å². The van der Waals surface area contributed by atoms with E-state index < -0.39 is 23.7 Å². The third-order valence-corrected chi connectivity index (χ3v) is 4.26. The molecule has 0 saturated carbocycles. The topological polar surface area (TPSA) is 64.6 Å². The van der Waals surface area contributed by atoms with E-state index in [1.165, 1.54) is 6.20 Å². The minimum atomic E-state index is -1.09. The molecule has 104 valence electrons. The summed E-state index contributed by atoms with van der Waals surface area (Å²) in [5.74, 6) is -0.562. The van der Waals surface area contributed by atoms with Crippen molar-refractivity contribution < 1.29 is 18.9 Å². The standard InChI is InChI=1S/C13H20BNO4/c1-11(2)9(16)8(7-15-10(11)17)14-18-12(3,4)13(5,6)19-14/h7H,1-6H3,(H,15,17). The number of amides is 1. The molecule has 0 unspecified atom stereocenters. The number of ketones is 1. The van der Waals surface area contributed by atoms with E-state index in [9.17, 15) is 9.59 Å². The first-order valence-electron chi connectivity index (χ1n) is 6.40. The maximum absolute atomic E-state index is 12.4. The van der Waals surface area contributed by atoms with Gasteiger partial charge < -0.3 is 14.6 Å². The van der Waals surface area contributed by atoms with Crippen molar-refractivity contribution in [2.24, 2.45) is 5.41 Å². The number of Topliss-reactive ketones (excluding diaryl/α,β-unsaturated/α-hetero) is 1. The summed E-state index contributed by atoms with van der Waals surface area (Å²) in [5.41, 5.74) is -1.74. The Kier molecular flexibility index (Phi) is 2.95. The van der Waals surface area contributed by atoms with Crippen LogP contribution in [0, 0.1) is 5.41 Å². The van der Waals surface area contributed by atoms with Gasteiger partial charge in [0.1, 0.15) is 5.41 Å². The van der Waals surface area contributed by atoms with E-state index in [2.05, 4.69) is 5.32 Å². The molecule has 1 N–H and O–H groups in total. The van der Waals surface area contributed by atoms with E-state index in [-0.39, 0.29) is 11.7 Å². The van der Waals surface area contributed by atoms with Crippen molar-refractivity contribution in [3.63, 3.8) is 0 Å². The third kappa shape index (κ3) is 2.03.